The van der Waals surface area contributed by atoms with Gasteiger partial charge >= 0.3 is 0 Å². The smallest absolute Gasteiger partial charge is 0.242 e. The average Bonchev–Trinajstić information content (AvgIpc) is 2.90. The summed E-state index contributed by atoms with van der Waals surface area (Å²) in [6, 6.07) is 3.78. The molecule has 0 aliphatic carbocycles. The summed E-state index contributed by atoms with van der Waals surface area (Å²) in [5.41, 5.74) is 2.76. The van der Waals surface area contributed by atoms with E-state index in [1.54, 1.807) is 0 Å². The lowest BCUT2D eigenvalue weighted by atomic mass is 10.3. The van der Waals surface area contributed by atoms with E-state index in [2.05, 4.69) is 25.6 Å². The summed E-state index contributed by atoms with van der Waals surface area (Å²) >= 11 is 5.91. The van der Waals surface area contributed by atoms with Crippen LogP contribution in [0.4, 0.5) is 10.3 Å². The number of benzene rings is 1. The van der Waals surface area contributed by atoms with Crippen LogP contribution in [0.2, 0.25) is 5.02 Å². The van der Waals surface area contributed by atoms with E-state index in [1.807, 2.05) is 0 Å². The van der Waals surface area contributed by atoms with Crippen LogP contribution in [0.25, 0.3) is 11.0 Å². The van der Waals surface area contributed by atoms with Gasteiger partial charge in [-0.2, -0.15) is 15.1 Å². The fourth-order valence-corrected chi connectivity index (χ4v) is 1.82. The third-order valence-corrected chi connectivity index (χ3v) is 2.80. The number of aromatic nitrogens is 4. The number of nitrogens with two attached hydrogens (primary N) is 1. The van der Waals surface area contributed by atoms with Crippen LogP contribution in [-0.2, 0) is 0 Å². The lowest BCUT2D eigenvalue weighted by Gasteiger charge is -2.08. The number of hydrogen-bond acceptors (Lipinski definition) is 6. The Hall–Kier alpha value is -2.45. The highest BCUT2D eigenvalue weighted by atomic mass is 35.5. The molecule has 0 aliphatic rings. The molecule has 0 radical (unpaired) electrons. The highest BCUT2D eigenvalue weighted by molar-refractivity contribution is 6.32. The second-order valence-electron chi connectivity index (χ2n) is 3.81. The van der Waals surface area contributed by atoms with Crippen LogP contribution in [-0.4, -0.2) is 20.2 Å². The van der Waals surface area contributed by atoms with Crippen molar-refractivity contribution in [1.82, 2.24) is 20.2 Å². The number of nitrogens with zero attached hydrogens (tertiary/aromatic N) is 3. The zero-order chi connectivity index (χ0) is 14.1. The van der Waals surface area contributed by atoms with E-state index in [0.717, 1.165) is 6.07 Å². The van der Waals surface area contributed by atoms with Gasteiger partial charge in [0.2, 0.25) is 11.8 Å². The number of anilines is 1. The molecule has 0 spiro atoms. The van der Waals surface area contributed by atoms with Crippen molar-refractivity contribution in [2.75, 3.05) is 5.43 Å². The van der Waals surface area contributed by atoms with Crippen molar-refractivity contribution in [2.45, 2.75) is 0 Å². The number of fused-ring (bicyclic) bond motifs is 1. The summed E-state index contributed by atoms with van der Waals surface area (Å²) < 4.78 is 18.6. The Morgan fingerprint density at radius 2 is 2.20 bits per heavy atom. The number of halogens is 2. The fourth-order valence-electron chi connectivity index (χ4n) is 1.61. The van der Waals surface area contributed by atoms with Gasteiger partial charge in [0.05, 0.1) is 11.2 Å². The van der Waals surface area contributed by atoms with Crippen LogP contribution < -0.4 is 16.0 Å². The fraction of sp³-hybridized carbons (Fsp3) is 0. The lowest BCUT2D eigenvalue weighted by molar-refractivity contribution is 0.467. The van der Waals surface area contributed by atoms with Gasteiger partial charge in [-0.15, -0.1) is 0 Å². The average molecular weight is 295 g/mol. The molecule has 20 heavy (non-hydrogen) atoms. The van der Waals surface area contributed by atoms with Crippen LogP contribution in [0.1, 0.15) is 0 Å². The highest BCUT2D eigenvalue weighted by Crippen LogP contribution is 2.32. The van der Waals surface area contributed by atoms with Gasteiger partial charge in [0.25, 0.3) is 0 Å². The summed E-state index contributed by atoms with van der Waals surface area (Å²) in [4.78, 5) is 8.12. The van der Waals surface area contributed by atoms with Crippen molar-refractivity contribution in [3.63, 3.8) is 0 Å². The summed E-state index contributed by atoms with van der Waals surface area (Å²) in [5.74, 6) is 5.43. The van der Waals surface area contributed by atoms with Crippen LogP contribution in [0.5, 0.6) is 11.6 Å². The van der Waals surface area contributed by atoms with E-state index in [9.17, 15) is 4.39 Å². The van der Waals surface area contributed by atoms with E-state index in [1.165, 1.54) is 18.3 Å². The van der Waals surface area contributed by atoms with Gasteiger partial charge in [0.15, 0.2) is 5.65 Å². The van der Waals surface area contributed by atoms with E-state index in [-0.39, 0.29) is 22.6 Å². The van der Waals surface area contributed by atoms with E-state index >= 15 is 0 Å². The van der Waals surface area contributed by atoms with Gasteiger partial charge in [0.1, 0.15) is 17.0 Å². The molecule has 0 saturated heterocycles. The number of H-pyrrole nitrogens is 1. The number of nitrogen functional groups attached to an aromatic ring is 1. The van der Waals surface area contributed by atoms with Gasteiger partial charge in [0, 0.05) is 0 Å². The molecule has 3 aromatic rings. The zero-order valence-electron chi connectivity index (χ0n) is 9.89. The van der Waals surface area contributed by atoms with Gasteiger partial charge < -0.3 is 4.74 Å². The van der Waals surface area contributed by atoms with Gasteiger partial charge in [-0.25, -0.2) is 10.2 Å². The maximum Gasteiger partial charge on any atom is 0.242 e. The molecule has 2 heterocycles. The predicted octanol–water partition coefficient (Wildman–Crippen LogP) is 2.22. The Morgan fingerprint density at radius 1 is 1.35 bits per heavy atom. The first-order chi connectivity index (χ1) is 9.67. The topological polar surface area (TPSA) is 102 Å². The Morgan fingerprint density at radius 3 is 2.95 bits per heavy atom. The predicted molar refractivity (Wildman–Crippen MR) is 71.0 cm³/mol. The molecule has 0 fully saturated rings. The molecule has 4 N–H and O–H groups in total. The largest absolute Gasteiger partial charge is 0.436 e. The maximum absolute atomic E-state index is 13.0. The lowest BCUT2D eigenvalue weighted by Crippen LogP contribution is -2.10. The second kappa shape index (κ2) is 4.91. The number of ether oxygens (including phenoxy) is 1. The Kier molecular flexibility index (Phi) is 3.09. The van der Waals surface area contributed by atoms with Crippen molar-refractivity contribution in [3.8, 4) is 11.6 Å². The summed E-state index contributed by atoms with van der Waals surface area (Å²) in [5, 5.41) is 7.19. The minimum atomic E-state index is -0.456. The van der Waals surface area contributed by atoms with E-state index in [0.29, 0.717) is 11.0 Å². The van der Waals surface area contributed by atoms with E-state index < -0.39 is 5.82 Å². The molecule has 0 atom stereocenters. The quantitative estimate of drug-likeness (QED) is 0.506. The highest BCUT2D eigenvalue weighted by Gasteiger charge is 2.13. The second-order valence-corrected chi connectivity index (χ2v) is 4.21. The Bertz CT molecular complexity index is 777. The normalized spacial score (nSPS) is 10.8. The first kappa shape index (κ1) is 12.6. The molecule has 3 rings (SSSR count). The SMILES string of the molecule is NNc1nc(Oc2ccc(F)cc2Cl)c2cn[nH]c2n1. The first-order valence-corrected chi connectivity index (χ1v) is 5.86. The molecular formula is C11H8ClFN6O. The van der Waals surface area contributed by atoms with Crippen molar-refractivity contribution in [2.24, 2.45) is 5.84 Å². The minimum Gasteiger partial charge on any atom is -0.436 e. The standard InChI is InChI=1S/C11H8ClFN6O/c12-7-3-5(13)1-2-8(7)20-10-6-4-15-19-9(6)16-11(17-10)18-14/h1-4H,14H2,(H2,15,16,17,18,19). The molecule has 102 valence electrons. The summed E-state index contributed by atoms with van der Waals surface area (Å²) in [6.07, 6.45) is 1.50. The van der Waals surface area contributed by atoms with Gasteiger partial charge in [-0.1, -0.05) is 11.6 Å². The van der Waals surface area contributed by atoms with E-state index in [4.69, 9.17) is 22.2 Å². The number of rotatable bonds is 3. The Labute approximate surface area is 116 Å². The van der Waals surface area contributed by atoms with Crippen molar-refractivity contribution in [3.05, 3.63) is 35.2 Å². The summed E-state index contributed by atoms with van der Waals surface area (Å²) in [7, 11) is 0. The molecule has 1 aromatic carbocycles. The number of hydrazine groups is 1. The molecule has 0 amide bonds. The molecule has 2 aromatic heterocycles. The molecule has 9 heteroatoms. The monoisotopic (exact) mass is 294 g/mol. The van der Waals surface area contributed by atoms with Gasteiger partial charge in [-0.3, -0.25) is 10.5 Å². The van der Waals surface area contributed by atoms with Crippen molar-refractivity contribution < 1.29 is 9.13 Å². The third-order valence-electron chi connectivity index (χ3n) is 2.50. The van der Waals surface area contributed by atoms with Crippen LogP contribution in [0, 0.1) is 5.82 Å². The van der Waals surface area contributed by atoms with Crippen molar-refractivity contribution >= 4 is 28.6 Å². The number of hydrogen-bond donors (Lipinski definition) is 3. The molecular weight excluding hydrogens is 287 g/mol. The van der Waals surface area contributed by atoms with Crippen LogP contribution >= 0.6 is 11.6 Å². The minimum absolute atomic E-state index is 0.127. The Balaban J connectivity index is 2.07. The number of aromatic amines is 1. The molecule has 0 unspecified atom stereocenters. The molecule has 0 saturated carbocycles. The van der Waals surface area contributed by atoms with Gasteiger partial charge in [-0.05, 0) is 18.2 Å². The van der Waals surface area contributed by atoms with Crippen molar-refractivity contribution in [1.29, 1.82) is 0 Å². The number of nitrogens with one attached hydrogen (secondary N) is 2. The summed E-state index contributed by atoms with van der Waals surface area (Å²) in [6.45, 7) is 0. The zero-order valence-corrected chi connectivity index (χ0v) is 10.6. The van der Waals surface area contributed by atoms with Crippen LogP contribution in [0.15, 0.2) is 24.4 Å². The van der Waals surface area contributed by atoms with Crippen LogP contribution in [0.3, 0.4) is 0 Å². The molecule has 0 bridgehead atoms. The third kappa shape index (κ3) is 2.22. The first-order valence-electron chi connectivity index (χ1n) is 5.48. The molecule has 7 nitrogen and oxygen atoms in total. The molecule has 0 aliphatic heterocycles. The maximum atomic E-state index is 13.0.